The highest BCUT2D eigenvalue weighted by Gasteiger charge is 2.28. The maximum Gasteiger partial charge on any atom is 0.410 e. The Labute approximate surface area is 65.6 Å². The first-order valence-electron chi connectivity index (χ1n) is 3.54. The molecule has 0 aromatic rings. The summed E-state index contributed by atoms with van der Waals surface area (Å²) in [7, 11) is 0. The van der Waals surface area contributed by atoms with Crippen molar-refractivity contribution >= 4 is 6.09 Å². The lowest BCUT2D eigenvalue weighted by atomic mass is 10.3. The predicted molar refractivity (Wildman–Crippen MR) is 41.1 cm³/mol. The van der Waals surface area contributed by atoms with E-state index in [2.05, 4.69) is 6.58 Å². The molecule has 0 saturated carbocycles. The van der Waals surface area contributed by atoms with Gasteiger partial charge in [0.1, 0.15) is 6.10 Å². The normalized spacial score (nSPS) is 23.5. The van der Waals surface area contributed by atoms with Crippen molar-refractivity contribution in [1.82, 2.24) is 4.90 Å². The molecule has 2 N–H and O–H groups in total. The summed E-state index contributed by atoms with van der Waals surface area (Å²) >= 11 is 0. The van der Waals surface area contributed by atoms with Gasteiger partial charge in [-0.15, -0.1) is 6.58 Å². The molecule has 0 spiro atoms. The van der Waals surface area contributed by atoms with Gasteiger partial charge in [0.15, 0.2) is 0 Å². The third kappa shape index (κ3) is 1.71. The van der Waals surface area contributed by atoms with E-state index in [9.17, 15) is 4.79 Å². The molecule has 0 aliphatic carbocycles. The van der Waals surface area contributed by atoms with E-state index in [1.54, 1.807) is 11.0 Å². The first-order chi connectivity index (χ1) is 5.27. The first kappa shape index (κ1) is 8.07. The molecule has 11 heavy (non-hydrogen) atoms. The molecule has 4 heteroatoms. The Balaban J connectivity index is 2.44. The second-order valence-corrected chi connectivity index (χ2v) is 2.44. The molecular weight excluding hydrogens is 144 g/mol. The van der Waals surface area contributed by atoms with Crippen LogP contribution in [0, 0.1) is 0 Å². The fourth-order valence-corrected chi connectivity index (χ4v) is 1.00. The number of cyclic esters (lactones) is 1. The number of ether oxygens (including phenoxy) is 1. The molecular formula is C7H12N2O2. The zero-order chi connectivity index (χ0) is 8.27. The number of amides is 1. The molecule has 62 valence electrons. The highest BCUT2D eigenvalue weighted by molar-refractivity contribution is 5.70. The number of carbonyl (C=O) groups is 1. The smallest absolute Gasteiger partial charge is 0.410 e. The molecule has 0 bridgehead atoms. The van der Waals surface area contributed by atoms with Gasteiger partial charge in [0.25, 0.3) is 0 Å². The predicted octanol–water partition coefficient (Wildman–Crippen LogP) is -0.0481. The molecule has 0 radical (unpaired) electrons. The maximum absolute atomic E-state index is 10.9. The standard InChI is InChI=1S/C7H12N2O2/c1-2-3-9-5-6(4-8)11-7(9)10/h2,6H,1,3-5,8H2. The van der Waals surface area contributed by atoms with Crippen LogP contribution >= 0.6 is 0 Å². The van der Waals surface area contributed by atoms with Crippen molar-refractivity contribution in [2.75, 3.05) is 19.6 Å². The van der Waals surface area contributed by atoms with Gasteiger partial charge in [-0.3, -0.25) is 0 Å². The number of hydrogen-bond donors (Lipinski definition) is 1. The monoisotopic (exact) mass is 156 g/mol. The van der Waals surface area contributed by atoms with E-state index in [1.165, 1.54) is 0 Å². The van der Waals surface area contributed by atoms with Crippen LogP contribution in [0.4, 0.5) is 4.79 Å². The van der Waals surface area contributed by atoms with E-state index in [1.807, 2.05) is 0 Å². The molecule has 1 amide bonds. The van der Waals surface area contributed by atoms with E-state index in [0.717, 1.165) is 0 Å². The second kappa shape index (κ2) is 3.39. The second-order valence-electron chi connectivity index (χ2n) is 2.44. The minimum Gasteiger partial charge on any atom is -0.443 e. The van der Waals surface area contributed by atoms with Gasteiger partial charge >= 0.3 is 6.09 Å². The molecule has 1 atom stereocenters. The van der Waals surface area contributed by atoms with Crippen LogP contribution in [0.25, 0.3) is 0 Å². The lowest BCUT2D eigenvalue weighted by Gasteiger charge is -2.07. The van der Waals surface area contributed by atoms with Crippen LogP contribution in [0.2, 0.25) is 0 Å². The number of rotatable bonds is 3. The Bertz CT molecular complexity index is 170. The number of nitrogens with two attached hydrogens (primary N) is 1. The molecule has 1 fully saturated rings. The Morgan fingerprint density at radius 1 is 1.91 bits per heavy atom. The van der Waals surface area contributed by atoms with Crippen LogP contribution in [0.15, 0.2) is 12.7 Å². The van der Waals surface area contributed by atoms with Crippen LogP contribution in [-0.2, 0) is 4.74 Å². The van der Waals surface area contributed by atoms with Gasteiger partial charge in [-0.05, 0) is 0 Å². The van der Waals surface area contributed by atoms with Crippen LogP contribution in [-0.4, -0.2) is 36.7 Å². The molecule has 1 saturated heterocycles. The highest BCUT2D eigenvalue weighted by Crippen LogP contribution is 2.08. The SMILES string of the molecule is C=CCN1CC(CN)OC1=O. The molecule has 4 nitrogen and oxygen atoms in total. The van der Waals surface area contributed by atoms with Crippen molar-refractivity contribution in [3.05, 3.63) is 12.7 Å². The van der Waals surface area contributed by atoms with Crippen LogP contribution in [0.1, 0.15) is 0 Å². The van der Waals surface area contributed by atoms with E-state index >= 15 is 0 Å². The molecule has 1 rings (SSSR count). The van der Waals surface area contributed by atoms with Crippen molar-refractivity contribution in [1.29, 1.82) is 0 Å². The lowest BCUT2D eigenvalue weighted by molar-refractivity contribution is 0.136. The van der Waals surface area contributed by atoms with Gasteiger partial charge in [0.2, 0.25) is 0 Å². The molecule has 0 aromatic carbocycles. The first-order valence-corrected chi connectivity index (χ1v) is 3.54. The van der Waals surface area contributed by atoms with Gasteiger partial charge in [0, 0.05) is 13.1 Å². The fraction of sp³-hybridized carbons (Fsp3) is 0.571. The van der Waals surface area contributed by atoms with Crippen molar-refractivity contribution in [2.24, 2.45) is 5.73 Å². The highest BCUT2D eigenvalue weighted by atomic mass is 16.6. The summed E-state index contributed by atoms with van der Waals surface area (Å²) in [6.45, 7) is 5.04. The van der Waals surface area contributed by atoms with Gasteiger partial charge in [-0.25, -0.2) is 4.79 Å². The summed E-state index contributed by atoms with van der Waals surface area (Å²) in [6.07, 6.45) is 1.24. The third-order valence-corrected chi connectivity index (χ3v) is 1.56. The minimum atomic E-state index is -0.291. The van der Waals surface area contributed by atoms with Gasteiger partial charge in [-0.1, -0.05) is 6.08 Å². The largest absolute Gasteiger partial charge is 0.443 e. The van der Waals surface area contributed by atoms with Crippen LogP contribution < -0.4 is 5.73 Å². The topological polar surface area (TPSA) is 55.6 Å². The average molecular weight is 156 g/mol. The summed E-state index contributed by atoms with van der Waals surface area (Å²) in [4.78, 5) is 12.5. The van der Waals surface area contributed by atoms with Gasteiger partial charge in [0.05, 0.1) is 6.54 Å². The Morgan fingerprint density at radius 2 is 2.64 bits per heavy atom. The van der Waals surface area contributed by atoms with Crippen molar-refractivity contribution in [3.63, 3.8) is 0 Å². The lowest BCUT2D eigenvalue weighted by Crippen LogP contribution is -2.27. The fourth-order valence-electron chi connectivity index (χ4n) is 1.00. The van der Waals surface area contributed by atoms with Crippen molar-refractivity contribution in [2.45, 2.75) is 6.10 Å². The Kier molecular flexibility index (Phi) is 2.48. The van der Waals surface area contributed by atoms with E-state index in [-0.39, 0.29) is 12.2 Å². The summed E-state index contributed by atoms with van der Waals surface area (Å²) in [5, 5.41) is 0. The third-order valence-electron chi connectivity index (χ3n) is 1.56. The van der Waals surface area contributed by atoms with Gasteiger partial charge in [-0.2, -0.15) is 0 Å². The molecule has 1 aliphatic heterocycles. The summed E-state index contributed by atoms with van der Waals surface area (Å²) in [6, 6.07) is 0. The number of hydrogen-bond acceptors (Lipinski definition) is 3. The zero-order valence-electron chi connectivity index (χ0n) is 6.32. The molecule has 0 aromatic heterocycles. The average Bonchev–Trinajstić information content (AvgIpc) is 2.33. The quantitative estimate of drug-likeness (QED) is 0.583. The summed E-state index contributed by atoms with van der Waals surface area (Å²) < 4.78 is 4.89. The van der Waals surface area contributed by atoms with E-state index < -0.39 is 0 Å². The zero-order valence-corrected chi connectivity index (χ0v) is 6.32. The Morgan fingerprint density at radius 3 is 3.09 bits per heavy atom. The number of carbonyl (C=O) groups excluding carboxylic acids is 1. The van der Waals surface area contributed by atoms with E-state index in [0.29, 0.717) is 19.6 Å². The van der Waals surface area contributed by atoms with Crippen LogP contribution in [0.3, 0.4) is 0 Å². The van der Waals surface area contributed by atoms with Crippen molar-refractivity contribution < 1.29 is 9.53 Å². The van der Waals surface area contributed by atoms with Gasteiger partial charge < -0.3 is 15.4 Å². The van der Waals surface area contributed by atoms with Crippen molar-refractivity contribution in [3.8, 4) is 0 Å². The maximum atomic E-state index is 10.9. The Hall–Kier alpha value is -1.03. The summed E-state index contributed by atoms with van der Waals surface area (Å²) in [5.74, 6) is 0. The minimum absolute atomic E-state index is 0.137. The molecule has 1 aliphatic rings. The summed E-state index contributed by atoms with van der Waals surface area (Å²) in [5.41, 5.74) is 5.32. The number of nitrogens with zero attached hydrogens (tertiary/aromatic N) is 1. The van der Waals surface area contributed by atoms with E-state index in [4.69, 9.17) is 10.5 Å². The molecule has 1 heterocycles. The van der Waals surface area contributed by atoms with Crippen LogP contribution in [0.5, 0.6) is 0 Å². The molecule has 1 unspecified atom stereocenters.